The molecule has 0 radical (unpaired) electrons. The van der Waals surface area contributed by atoms with Crippen LogP contribution >= 0.6 is 9.47 Å². The maximum Gasteiger partial charge on any atom is 0.276 e. The highest BCUT2D eigenvalue weighted by Gasteiger charge is 2.39. The molecule has 19 heavy (non-hydrogen) atoms. The Hall–Kier alpha value is -1.72. The minimum atomic E-state index is -0.580. The van der Waals surface area contributed by atoms with Crippen molar-refractivity contribution >= 4 is 21.7 Å². The number of nitrogens with zero attached hydrogens (tertiary/aromatic N) is 2. The number of hydrogen-bond acceptors (Lipinski definition) is 5. The molecule has 2 atom stereocenters. The monoisotopic (exact) mass is 282 g/mol. The Morgan fingerprint density at radius 1 is 1.47 bits per heavy atom. The third-order valence-electron chi connectivity index (χ3n) is 3.32. The molecule has 1 aromatic heterocycles. The molecule has 1 fully saturated rings. The Morgan fingerprint density at radius 3 is 2.95 bits per heavy atom. The lowest BCUT2D eigenvalue weighted by atomic mass is 10.1. The van der Waals surface area contributed by atoms with Crippen molar-refractivity contribution in [1.82, 2.24) is 9.47 Å². The zero-order chi connectivity index (χ0) is 13.6. The Balaban J connectivity index is 2.24. The molecule has 0 bridgehead atoms. The normalized spacial score (nSPS) is 21.0. The van der Waals surface area contributed by atoms with Crippen molar-refractivity contribution in [2.45, 2.75) is 12.8 Å². The van der Waals surface area contributed by atoms with Crippen LogP contribution in [0.1, 0.15) is 20.8 Å². The molecule has 0 N–H and O–H groups in total. The van der Waals surface area contributed by atoms with Crippen molar-refractivity contribution < 1.29 is 18.8 Å². The van der Waals surface area contributed by atoms with Gasteiger partial charge in [0.25, 0.3) is 5.91 Å². The fourth-order valence-electron chi connectivity index (χ4n) is 2.43. The molecule has 0 aliphatic carbocycles. The number of carbonyl (C=O) groups excluding carboxylic acids is 2. The van der Waals surface area contributed by atoms with Crippen LogP contribution in [0, 0.1) is 0 Å². The van der Waals surface area contributed by atoms with Gasteiger partial charge < -0.3 is 18.7 Å². The Labute approximate surface area is 110 Å². The van der Waals surface area contributed by atoms with E-state index in [-0.39, 0.29) is 29.1 Å². The number of rotatable bonds is 2. The molecule has 1 amide bonds. The van der Waals surface area contributed by atoms with Crippen LogP contribution in [0.2, 0.25) is 0 Å². The maximum absolute atomic E-state index is 12.3. The van der Waals surface area contributed by atoms with Crippen LogP contribution in [0.4, 0.5) is 0 Å². The molecular weight excluding hydrogens is 271 g/mol. The summed E-state index contributed by atoms with van der Waals surface area (Å²) in [6.45, 7) is 1.33. The molecule has 3 heterocycles. The lowest BCUT2D eigenvalue weighted by molar-refractivity contribution is 0.00869. The molecule has 2 aliphatic heterocycles. The van der Waals surface area contributed by atoms with Gasteiger partial charge in [-0.15, -0.1) is 0 Å². The smallest absolute Gasteiger partial charge is 0.276 e. The van der Waals surface area contributed by atoms with Gasteiger partial charge in [-0.1, -0.05) is 0 Å². The second kappa shape index (κ2) is 4.43. The minimum Gasteiger partial charge on any atom is -0.474 e. The lowest BCUT2D eigenvalue weighted by Crippen LogP contribution is -2.46. The first-order valence-electron chi connectivity index (χ1n) is 5.69. The molecule has 3 rings (SSSR count). The Morgan fingerprint density at radius 2 is 2.26 bits per heavy atom. The van der Waals surface area contributed by atoms with Crippen molar-refractivity contribution in [3.8, 4) is 5.75 Å². The predicted octanol–water partition coefficient (Wildman–Crippen LogP) is -0.358. The van der Waals surface area contributed by atoms with Crippen molar-refractivity contribution in [2.24, 2.45) is 0 Å². The van der Waals surface area contributed by atoms with E-state index in [9.17, 15) is 14.4 Å². The lowest BCUT2D eigenvalue weighted by Gasteiger charge is -2.31. The molecular formula is C11H11N2O5P. The Bertz CT molecular complexity index is 626. The van der Waals surface area contributed by atoms with E-state index in [0.29, 0.717) is 26.0 Å². The summed E-state index contributed by atoms with van der Waals surface area (Å²) in [5, 5.41) is 0. The molecule has 100 valence electrons. The van der Waals surface area contributed by atoms with Gasteiger partial charge in [0, 0.05) is 12.7 Å². The molecule has 2 aliphatic rings. The number of amides is 1. The van der Waals surface area contributed by atoms with Gasteiger partial charge in [0.05, 0.1) is 28.2 Å². The summed E-state index contributed by atoms with van der Waals surface area (Å²) in [6, 6.07) is 0. The first-order valence-corrected chi connectivity index (χ1v) is 6.16. The highest BCUT2D eigenvalue weighted by Crippen LogP contribution is 2.27. The fourth-order valence-corrected chi connectivity index (χ4v) is 2.64. The van der Waals surface area contributed by atoms with Crippen LogP contribution in [0.5, 0.6) is 5.75 Å². The minimum absolute atomic E-state index is 0.0413. The summed E-state index contributed by atoms with van der Waals surface area (Å²) in [4.78, 5) is 36.7. The molecule has 1 aromatic rings. The van der Waals surface area contributed by atoms with Crippen LogP contribution in [0.25, 0.3) is 0 Å². The van der Waals surface area contributed by atoms with E-state index in [1.54, 1.807) is 9.47 Å². The van der Waals surface area contributed by atoms with Gasteiger partial charge in [0.1, 0.15) is 0 Å². The summed E-state index contributed by atoms with van der Waals surface area (Å²) in [6.07, 6.45) is 1.48. The summed E-state index contributed by atoms with van der Waals surface area (Å²) in [7, 11) is 1.94. The van der Waals surface area contributed by atoms with Crippen LogP contribution in [-0.2, 0) is 11.3 Å². The van der Waals surface area contributed by atoms with Crippen molar-refractivity contribution in [2.75, 3.05) is 13.2 Å². The van der Waals surface area contributed by atoms with E-state index in [4.69, 9.17) is 9.26 Å². The highest BCUT2D eigenvalue weighted by atomic mass is 31.0. The summed E-state index contributed by atoms with van der Waals surface area (Å²) in [5.41, 5.74) is -0.462. The number of fused-ring (bicyclic) bond motifs is 2. The van der Waals surface area contributed by atoms with E-state index in [0.717, 1.165) is 0 Å². The summed E-state index contributed by atoms with van der Waals surface area (Å²) < 4.78 is 11.9. The van der Waals surface area contributed by atoms with Crippen LogP contribution in [-0.4, -0.2) is 41.0 Å². The van der Waals surface area contributed by atoms with Crippen molar-refractivity contribution in [3.05, 3.63) is 27.7 Å². The third kappa shape index (κ3) is 1.69. The van der Waals surface area contributed by atoms with E-state index in [2.05, 4.69) is 0 Å². The first-order chi connectivity index (χ1) is 9.17. The third-order valence-corrected chi connectivity index (χ3v) is 3.55. The zero-order valence-corrected chi connectivity index (χ0v) is 11.0. The molecule has 8 heteroatoms. The van der Waals surface area contributed by atoms with E-state index in [1.807, 2.05) is 9.47 Å². The molecule has 0 aromatic carbocycles. The molecule has 7 nitrogen and oxygen atoms in total. The average molecular weight is 282 g/mol. The van der Waals surface area contributed by atoms with Gasteiger partial charge in [-0.3, -0.25) is 14.4 Å². The Kier molecular flexibility index (Phi) is 2.88. The average Bonchev–Trinajstić information content (AvgIpc) is 2.87. The molecule has 0 saturated carbocycles. The van der Waals surface area contributed by atoms with Gasteiger partial charge >= 0.3 is 0 Å². The fraction of sp³-hybridized carbons (Fsp3) is 0.364. The summed E-state index contributed by atoms with van der Waals surface area (Å²) in [5.74, 6) is -0.439. The standard InChI is InChI=1S/C11H11N2O5P/c14-5-6-3-12-4-7-13(1-2-17-7)11(16)8(12)10(18-19)9(6)15/h3,5,7H,1-2,4,19H2. The van der Waals surface area contributed by atoms with Crippen molar-refractivity contribution in [3.63, 3.8) is 0 Å². The van der Waals surface area contributed by atoms with Crippen molar-refractivity contribution in [1.29, 1.82) is 0 Å². The predicted molar refractivity (Wildman–Crippen MR) is 67.2 cm³/mol. The number of pyridine rings is 1. The van der Waals surface area contributed by atoms with Gasteiger partial charge in [0.2, 0.25) is 5.43 Å². The molecule has 1 saturated heterocycles. The number of ether oxygens (including phenoxy) is 1. The van der Waals surface area contributed by atoms with E-state index < -0.39 is 5.43 Å². The van der Waals surface area contributed by atoms with Crippen LogP contribution in [0.3, 0.4) is 0 Å². The SMILES string of the molecule is O=Cc1cn2c(c(OP)c1=O)C(=O)N1CCOC1C2. The number of aldehydes is 1. The zero-order valence-electron chi connectivity index (χ0n) is 9.87. The van der Waals surface area contributed by atoms with E-state index in [1.165, 1.54) is 6.20 Å². The summed E-state index contributed by atoms with van der Waals surface area (Å²) >= 11 is 0. The van der Waals surface area contributed by atoms with Crippen LogP contribution in [0.15, 0.2) is 11.0 Å². The highest BCUT2D eigenvalue weighted by molar-refractivity contribution is 7.10. The largest absolute Gasteiger partial charge is 0.474 e. The van der Waals surface area contributed by atoms with E-state index >= 15 is 0 Å². The number of hydrogen-bond donors (Lipinski definition) is 0. The number of aromatic nitrogens is 1. The maximum atomic E-state index is 12.3. The quantitative estimate of drug-likeness (QED) is 0.547. The second-order valence-electron chi connectivity index (χ2n) is 4.30. The van der Waals surface area contributed by atoms with Crippen LogP contribution < -0.4 is 9.95 Å². The van der Waals surface area contributed by atoms with Gasteiger partial charge in [0.15, 0.2) is 24.0 Å². The second-order valence-corrected chi connectivity index (χ2v) is 4.54. The first kappa shape index (κ1) is 12.3. The molecule has 0 spiro atoms. The van der Waals surface area contributed by atoms with Gasteiger partial charge in [-0.05, 0) is 0 Å². The van der Waals surface area contributed by atoms with Gasteiger partial charge in [-0.2, -0.15) is 0 Å². The topological polar surface area (TPSA) is 77.8 Å². The number of carbonyl (C=O) groups is 2. The van der Waals surface area contributed by atoms with Gasteiger partial charge in [-0.25, -0.2) is 0 Å². The molecule has 2 unspecified atom stereocenters.